The maximum absolute atomic E-state index is 12.1. The molecule has 2 amide bonds. The number of carbonyl (C=O) groups is 3. The molecule has 0 aromatic heterocycles. The summed E-state index contributed by atoms with van der Waals surface area (Å²) in [5, 5.41) is 8.53. The minimum Gasteiger partial charge on any atom is -0.481 e. The molecule has 1 saturated heterocycles. The third-order valence-corrected chi connectivity index (χ3v) is 4.20. The number of amides is 2. The number of carbonyl (C=O) groups excluding carboxylic acids is 2. The molecule has 0 aromatic carbocycles. The van der Waals surface area contributed by atoms with Crippen LogP contribution in [-0.2, 0) is 14.4 Å². The van der Waals surface area contributed by atoms with Gasteiger partial charge in [-0.15, -0.1) is 0 Å². The Bertz CT molecular complexity index is 356. The number of rotatable bonds is 6. The zero-order chi connectivity index (χ0) is 13.8. The summed E-state index contributed by atoms with van der Waals surface area (Å²) in [6.07, 6.45) is 6.03. The Labute approximate surface area is 113 Å². The van der Waals surface area contributed by atoms with E-state index in [1.54, 1.807) is 0 Å². The lowest BCUT2D eigenvalue weighted by molar-refractivity contribution is -0.140. The third-order valence-electron chi connectivity index (χ3n) is 4.20. The van der Waals surface area contributed by atoms with Gasteiger partial charge in [0.05, 0.1) is 11.8 Å². The molecule has 1 aliphatic heterocycles. The average molecular weight is 267 g/mol. The lowest BCUT2D eigenvalue weighted by atomic mass is 9.81. The number of carboxylic acid groups (broad SMARTS) is 1. The van der Waals surface area contributed by atoms with E-state index in [-0.39, 0.29) is 30.1 Å². The molecule has 0 aromatic rings. The second-order valence-electron chi connectivity index (χ2n) is 5.53. The van der Waals surface area contributed by atoms with E-state index < -0.39 is 5.97 Å². The quantitative estimate of drug-likeness (QED) is 0.588. The van der Waals surface area contributed by atoms with Crippen LogP contribution >= 0.6 is 0 Å². The number of hydrogen-bond donors (Lipinski definition) is 1. The van der Waals surface area contributed by atoms with Gasteiger partial charge in [-0.25, -0.2) is 0 Å². The second-order valence-corrected chi connectivity index (χ2v) is 5.53. The zero-order valence-corrected chi connectivity index (χ0v) is 11.1. The van der Waals surface area contributed by atoms with E-state index in [0.29, 0.717) is 19.4 Å². The van der Waals surface area contributed by atoms with Gasteiger partial charge < -0.3 is 5.11 Å². The fourth-order valence-electron chi connectivity index (χ4n) is 3.17. The Morgan fingerprint density at radius 1 is 1.05 bits per heavy atom. The molecule has 2 atom stereocenters. The molecule has 2 rings (SSSR count). The Kier molecular flexibility index (Phi) is 4.56. The van der Waals surface area contributed by atoms with Gasteiger partial charge in [-0.1, -0.05) is 19.3 Å². The molecule has 1 N–H and O–H groups in total. The van der Waals surface area contributed by atoms with Gasteiger partial charge in [0.15, 0.2) is 0 Å². The molecule has 19 heavy (non-hydrogen) atoms. The van der Waals surface area contributed by atoms with Gasteiger partial charge in [0.1, 0.15) is 0 Å². The van der Waals surface area contributed by atoms with Crippen LogP contribution in [0.4, 0.5) is 0 Å². The highest BCUT2D eigenvalue weighted by atomic mass is 16.4. The minimum atomic E-state index is -0.792. The first-order valence-electron chi connectivity index (χ1n) is 7.18. The normalized spacial score (nSPS) is 26.6. The monoisotopic (exact) mass is 267 g/mol. The molecule has 1 heterocycles. The van der Waals surface area contributed by atoms with E-state index in [1.807, 2.05) is 0 Å². The summed E-state index contributed by atoms with van der Waals surface area (Å²) in [6.45, 7) is 0.463. The van der Waals surface area contributed by atoms with Crippen LogP contribution < -0.4 is 0 Å². The molecule has 1 saturated carbocycles. The predicted octanol–water partition coefficient (Wildman–Crippen LogP) is 1.81. The van der Waals surface area contributed by atoms with Gasteiger partial charge in [-0.2, -0.15) is 0 Å². The topological polar surface area (TPSA) is 74.7 Å². The van der Waals surface area contributed by atoms with E-state index >= 15 is 0 Å². The number of fused-ring (bicyclic) bond motifs is 1. The van der Waals surface area contributed by atoms with Crippen molar-refractivity contribution >= 4 is 17.8 Å². The molecule has 5 heteroatoms. The van der Waals surface area contributed by atoms with Crippen molar-refractivity contribution in [1.82, 2.24) is 4.90 Å². The van der Waals surface area contributed by atoms with Crippen LogP contribution in [0, 0.1) is 11.8 Å². The lowest BCUT2D eigenvalue weighted by Gasteiger charge is -2.19. The number of nitrogens with zero attached hydrogens (tertiary/aromatic N) is 1. The van der Waals surface area contributed by atoms with E-state index in [9.17, 15) is 14.4 Å². The number of aliphatic carboxylic acids is 1. The fraction of sp³-hybridized carbons (Fsp3) is 0.786. The number of unbranched alkanes of at least 4 members (excludes halogenated alkanes) is 2. The number of carboxylic acids is 1. The lowest BCUT2D eigenvalue weighted by Crippen LogP contribution is -2.32. The number of hydrogen-bond acceptors (Lipinski definition) is 3. The molecule has 2 fully saturated rings. The van der Waals surface area contributed by atoms with Gasteiger partial charge in [-0.05, 0) is 25.7 Å². The zero-order valence-electron chi connectivity index (χ0n) is 11.1. The summed E-state index contributed by atoms with van der Waals surface area (Å²) < 4.78 is 0. The molecular weight excluding hydrogens is 246 g/mol. The maximum atomic E-state index is 12.1. The van der Waals surface area contributed by atoms with Crippen LogP contribution in [-0.4, -0.2) is 34.3 Å². The van der Waals surface area contributed by atoms with Crippen molar-refractivity contribution in [3.8, 4) is 0 Å². The largest absolute Gasteiger partial charge is 0.481 e. The van der Waals surface area contributed by atoms with Gasteiger partial charge >= 0.3 is 5.97 Å². The first-order chi connectivity index (χ1) is 9.11. The summed E-state index contributed by atoms with van der Waals surface area (Å²) in [4.78, 5) is 36.1. The smallest absolute Gasteiger partial charge is 0.303 e. The Balaban J connectivity index is 1.78. The molecule has 0 bridgehead atoms. The molecule has 106 valence electrons. The molecule has 0 spiro atoms. The fourth-order valence-corrected chi connectivity index (χ4v) is 3.17. The molecule has 1 aliphatic carbocycles. The SMILES string of the molecule is O=C(O)CCCCCN1C(=O)[C@@H]2CCCC[C@H]2C1=O. The summed E-state index contributed by atoms with van der Waals surface area (Å²) in [7, 11) is 0. The highest BCUT2D eigenvalue weighted by Gasteiger charge is 2.47. The summed E-state index contributed by atoms with van der Waals surface area (Å²) in [5.74, 6) is -0.916. The standard InChI is InChI=1S/C14H21NO4/c16-12(17)8-2-1-5-9-15-13(18)10-6-3-4-7-11(10)14(15)19/h10-11H,1-9H2,(H,16,17)/t10-,11-/m1/s1. The van der Waals surface area contributed by atoms with Crippen LogP contribution in [0.2, 0.25) is 0 Å². The second kappa shape index (κ2) is 6.17. The van der Waals surface area contributed by atoms with E-state index in [0.717, 1.165) is 32.1 Å². The van der Waals surface area contributed by atoms with Crippen molar-refractivity contribution in [1.29, 1.82) is 0 Å². The van der Waals surface area contributed by atoms with Gasteiger partial charge in [-0.3, -0.25) is 19.3 Å². The highest BCUT2D eigenvalue weighted by Crippen LogP contribution is 2.38. The Hall–Kier alpha value is -1.39. The van der Waals surface area contributed by atoms with Crippen molar-refractivity contribution in [2.24, 2.45) is 11.8 Å². The number of likely N-dealkylation sites (tertiary alicyclic amines) is 1. The maximum Gasteiger partial charge on any atom is 0.303 e. The van der Waals surface area contributed by atoms with E-state index in [1.165, 1.54) is 4.90 Å². The summed E-state index contributed by atoms with van der Waals surface area (Å²) in [6, 6.07) is 0. The van der Waals surface area contributed by atoms with Crippen LogP contribution in [0.3, 0.4) is 0 Å². The number of imide groups is 1. The van der Waals surface area contributed by atoms with Crippen molar-refractivity contribution in [2.75, 3.05) is 6.54 Å². The van der Waals surface area contributed by atoms with E-state index in [2.05, 4.69) is 0 Å². The van der Waals surface area contributed by atoms with Crippen LogP contribution in [0.15, 0.2) is 0 Å². The van der Waals surface area contributed by atoms with Gasteiger partial charge in [0, 0.05) is 13.0 Å². The predicted molar refractivity (Wildman–Crippen MR) is 68.3 cm³/mol. The van der Waals surface area contributed by atoms with Crippen LogP contribution in [0.25, 0.3) is 0 Å². The Morgan fingerprint density at radius 2 is 1.63 bits per heavy atom. The summed E-state index contributed by atoms with van der Waals surface area (Å²) >= 11 is 0. The van der Waals surface area contributed by atoms with E-state index in [4.69, 9.17) is 5.11 Å². The highest BCUT2D eigenvalue weighted by molar-refractivity contribution is 6.05. The molecule has 5 nitrogen and oxygen atoms in total. The Morgan fingerprint density at radius 3 is 2.16 bits per heavy atom. The third kappa shape index (κ3) is 3.14. The van der Waals surface area contributed by atoms with Gasteiger partial charge in [0.25, 0.3) is 0 Å². The van der Waals surface area contributed by atoms with Crippen molar-refractivity contribution in [3.05, 3.63) is 0 Å². The average Bonchev–Trinajstić information content (AvgIpc) is 2.63. The van der Waals surface area contributed by atoms with Crippen molar-refractivity contribution in [3.63, 3.8) is 0 Å². The van der Waals surface area contributed by atoms with Crippen molar-refractivity contribution < 1.29 is 19.5 Å². The van der Waals surface area contributed by atoms with Crippen LogP contribution in [0.5, 0.6) is 0 Å². The minimum absolute atomic E-state index is 0.00735. The first-order valence-corrected chi connectivity index (χ1v) is 7.18. The molecular formula is C14H21NO4. The van der Waals surface area contributed by atoms with Gasteiger partial charge in [0.2, 0.25) is 11.8 Å². The van der Waals surface area contributed by atoms with Crippen molar-refractivity contribution in [2.45, 2.75) is 51.4 Å². The first kappa shape index (κ1) is 14.0. The molecule has 0 radical (unpaired) electrons. The van der Waals surface area contributed by atoms with Crippen LogP contribution in [0.1, 0.15) is 51.4 Å². The molecule has 2 aliphatic rings. The molecule has 0 unspecified atom stereocenters. The summed E-state index contributed by atoms with van der Waals surface area (Å²) in [5.41, 5.74) is 0.